The van der Waals surface area contributed by atoms with E-state index in [1.165, 1.54) is 0 Å². The SMILES string of the molecule is COC1CCC(CC(=O)NCC(O)C(C)(C)C)CC1. The lowest BCUT2D eigenvalue weighted by Crippen LogP contribution is -2.39. The second kappa shape index (κ2) is 7.25. The van der Waals surface area contributed by atoms with Crippen LogP contribution in [0.2, 0.25) is 0 Å². The molecule has 19 heavy (non-hydrogen) atoms. The highest BCUT2D eigenvalue weighted by Gasteiger charge is 2.25. The maximum Gasteiger partial charge on any atom is 0.220 e. The van der Waals surface area contributed by atoms with Crippen molar-refractivity contribution in [1.29, 1.82) is 0 Å². The third kappa shape index (κ3) is 5.91. The minimum Gasteiger partial charge on any atom is -0.391 e. The van der Waals surface area contributed by atoms with E-state index in [1.54, 1.807) is 7.11 Å². The molecule has 0 bridgehead atoms. The lowest BCUT2D eigenvalue weighted by Gasteiger charge is -2.28. The van der Waals surface area contributed by atoms with Gasteiger partial charge in [-0.2, -0.15) is 0 Å². The van der Waals surface area contributed by atoms with Crippen LogP contribution in [0, 0.1) is 11.3 Å². The molecule has 1 atom stereocenters. The normalized spacial score (nSPS) is 25.9. The van der Waals surface area contributed by atoms with Crippen LogP contribution in [0.15, 0.2) is 0 Å². The molecule has 0 heterocycles. The Kier molecular flexibility index (Phi) is 6.27. The van der Waals surface area contributed by atoms with Gasteiger partial charge in [-0.1, -0.05) is 20.8 Å². The highest BCUT2D eigenvalue weighted by molar-refractivity contribution is 5.76. The number of carbonyl (C=O) groups is 1. The summed E-state index contributed by atoms with van der Waals surface area (Å²) in [7, 11) is 1.76. The molecule has 1 unspecified atom stereocenters. The van der Waals surface area contributed by atoms with Gasteiger partial charge in [0.05, 0.1) is 12.2 Å². The predicted octanol–water partition coefficient (Wildman–Crippen LogP) is 2.10. The summed E-state index contributed by atoms with van der Waals surface area (Å²) in [6, 6.07) is 0. The van der Waals surface area contributed by atoms with Crippen LogP contribution in [0.1, 0.15) is 52.9 Å². The summed E-state index contributed by atoms with van der Waals surface area (Å²) in [4.78, 5) is 11.8. The van der Waals surface area contributed by atoms with E-state index >= 15 is 0 Å². The summed E-state index contributed by atoms with van der Waals surface area (Å²) in [5, 5.41) is 12.7. The maximum absolute atomic E-state index is 11.8. The van der Waals surface area contributed by atoms with Gasteiger partial charge in [-0.3, -0.25) is 4.79 Å². The van der Waals surface area contributed by atoms with Gasteiger partial charge >= 0.3 is 0 Å². The summed E-state index contributed by atoms with van der Waals surface area (Å²) in [6.45, 7) is 6.25. The van der Waals surface area contributed by atoms with Crippen LogP contribution >= 0.6 is 0 Å². The Hall–Kier alpha value is -0.610. The number of methoxy groups -OCH3 is 1. The van der Waals surface area contributed by atoms with Crippen LogP contribution in [-0.4, -0.2) is 36.9 Å². The predicted molar refractivity (Wildman–Crippen MR) is 75.8 cm³/mol. The molecule has 0 spiro atoms. The van der Waals surface area contributed by atoms with Gasteiger partial charge in [-0.25, -0.2) is 0 Å². The van der Waals surface area contributed by atoms with Crippen molar-refractivity contribution in [2.45, 2.75) is 65.1 Å². The Morgan fingerprint density at radius 3 is 2.37 bits per heavy atom. The monoisotopic (exact) mass is 271 g/mol. The molecule has 0 aliphatic heterocycles. The Bertz CT molecular complexity index is 278. The number of carbonyl (C=O) groups excluding carboxylic acids is 1. The molecule has 0 aromatic carbocycles. The quantitative estimate of drug-likeness (QED) is 0.805. The van der Waals surface area contributed by atoms with Crippen LogP contribution in [0.25, 0.3) is 0 Å². The van der Waals surface area contributed by atoms with E-state index in [1.807, 2.05) is 20.8 Å². The molecule has 0 saturated heterocycles. The summed E-state index contributed by atoms with van der Waals surface area (Å²) in [5.74, 6) is 0.530. The van der Waals surface area contributed by atoms with Gasteiger partial charge in [0.25, 0.3) is 0 Å². The zero-order valence-electron chi connectivity index (χ0n) is 12.7. The van der Waals surface area contributed by atoms with E-state index in [4.69, 9.17) is 4.74 Å². The van der Waals surface area contributed by atoms with Gasteiger partial charge in [-0.15, -0.1) is 0 Å². The van der Waals surface area contributed by atoms with Crippen LogP contribution in [-0.2, 0) is 9.53 Å². The Morgan fingerprint density at radius 2 is 1.89 bits per heavy atom. The Labute approximate surface area is 116 Å². The standard InChI is InChI=1S/C15H29NO3/c1-15(2,3)13(17)10-16-14(18)9-11-5-7-12(19-4)8-6-11/h11-13,17H,5-10H2,1-4H3,(H,16,18). The molecule has 4 nitrogen and oxygen atoms in total. The van der Waals surface area contributed by atoms with E-state index in [9.17, 15) is 9.90 Å². The summed E-state index contributed by atoms with van der Waals surface area (Å²) in [5.41, 5.74) is -0.191. The van der Waals surface area contributed by atoms with Gasteiger partial charge in [0.2, 0.25) is 5.91 Å². The first-order chi connectivity index (χ1) is 8.82. The fourth-order valence-electron chi connectivity index (χ4n) is 2.42. The van der Waals surface area contributed by atoms with E-state index in [0.717, 1.165) is 25.7 Å². The van der Waals surface area contributed by atoms with Crippen molar-refractivity contribution in [1.82, 2.24) is 5.32 Å². The second-order valence-corrected chi connectivity index (χ2v) is 6.77. The molecule has 0 aromatic heterocycles. The Morgan fingerprint density at radius 1 is 1.32 bits per heavy atom. The fourth-order valence-corrected chi connectivity index (χ4v) is 2.42. The van der Waals surface area contributed by atoms with Crippen molar-refractivity contribution >= 4 is 5.91 Å². The second-order valence-electron chi connectivity index (χ2n) is 6.77. The number of hydrogen-bond donors (Lipinski definition) is 2. The molecule has 2 N–H and O–H groups in total. The summed E-state index contributed by atoms with van der Waals surface area (Å²) in [6.07, 6.45) is 4.69. The first-order valence-corrected chi connectivity index (χ1v) is 7.30. The number of nitrogens with one attached hydrogen (secondary N) is 1. The lowest BCUT2D eigenvalue weighted by atomic mass is 9.85. The first kappa shape index (κ1) is 16.4. The van der Waals surface area contributed by atoms with Gasteiger partial charge in [-0.05, 0) is 37.0 Å². The molecule has 0 aromatic rings. The number of hydrogen-bond acceptors (Lipinski definition) is 3. The molecule has 1 saturated carbocycles. The van der Waals surface area contributed by atoms with Crippen molar-refractivity contribution in [3.05, 3.63) is 0 Å². The zero-order valence-corrected chi connectivity index (χ0v) is 12.7. The molecule has 4 heteroatoms. The average molecular weight is 271 g/mol. The van der Waals surface area contributed by atoms with Gasteiger partial charge in [0, 0.05) is 20.1 Å². The van der Waals surface area contributed by atoms with Crippen LogP contribution in [0.3, 0.4) is 0 Å². The third-order valence-electron chi connectivity index (χ3n) is 4.09. The van der Waals surface area contributed by atoms with Crippen LogP contribution in [0.5, 0.6) is 0 Å². The molecular weight excluding hydrogens is 242 g/mol. The summed E-state index contributed by atoms with van der Waals surface area (Å²) >= 11 is 0. The zero-order chi connectivity index (χ0) is 14.5. The molecule has 1 aliphatic carbocycles. The average Bonchev–Trinajstić information content (AvgIpc) is 2.35. The lowest BCUT2D eigenvalue weighted by molar-refractivity contribution is -0.123. The number of aliphatic hydroxyl groups excluding tert-OH is 1. The van der Waals surface area contributed by atoms with Crippen molar-refractivity contribution < 1.29 is 14.6 Å². The molecule has 1 fully saturated rings. The molecular formula is C15H29NO3. The molecule has 1 amide bonds. The number of aliphatic hydroxyl groups is 1. The smallest absolute Gasteiger partial charge is 0.220 e. The topological polar surface area (TPSA) is 58.6 Å². The summed E-state index contributed by atoms with van der Waals surface area (Å²) < 4.78 is 5.33. The highest BCUT2D eigenvalue weighted by Crippen LogP contribution is 2.28. The third-order valence-corrected chi connectivity index (χ3v) is 4.09. The maximum atomic E-state index is 11.8. The van der Waals surface area contributed by atoms with E-state index in [0.29, 0.717) is 25.0 Å². The number of ether oxygens (including phenoxy) is 1. The minimum absolute atomic E-state index is 0.0594. The molecule has 1 aliphatic rings. The molecule has 112 valence electrons. The van der Waals surface area contributed by atoms with Gasteiger partial charge < -0.3 is 15.2 Å². The fraction of sp³-hybridized carbons (Fsp3) is 0.933. The van der Waals surface area contributed by atoms with Gasteiger partial charge in [0.1, 0.15) is 0 Å². The minimum atomic E-state index is -0.499. The number of rotatable bonds is 5. The number of amides is 1. The highest BCUT2D eigenvalue weighted by atomic mass is 16.5. The Balaban J connectivity index is 2.22. The van der Waals surface area contributed by atoms with Crippen molar-refractivity contribution in [3.63, 3.8) is 0 Å². The van der Waals surface area contributed by atoms with Crippen molar-refractivity contribution in [2.24, 2.45) is 11.3 Å². The van der Waals surface area contributed by atoms with Crippen LogP contribution < -0.4 is 5.32 Å². The van der Waals surface area contributed by atoms with Crippen LogP contribution in [0.4, 0.5) is 0 Å². The van der Waals surface area contributed by atoms with Crippen molar-refractivity contribution in [2.75, 3.05) is 13.7 Å². The molecule has 1 rings (SSSR count). The van der Waals surface area contributed by atoms with E-state index in [-0.39, 0.29) is 11.3 Å². The van der Waals surface area contributed by atoms with Gasteiger partial charge in [0.15, 0.2) is 0 Å². The van der Waals surface area contributed by atoms with E-state index in [2.05, 4.69) is 5.32 Å². The largest absolute Gasteiger partial charge is 0.391 e. The first-order valence-electron chi connectivity index (χ1n) is 7.30. The van der Waals surface area contributed by atoms with Crippen molar-refractivity contribution in [3.8, 4) is 0 Å². The molecule has 0 radical (unpaired) electrons. The van der Waals surface area contributed by atoms with E-state index < -0.39 is 6.10 Å².